The van der Waals surface area contributed by atoms with E-state index in [0.717, 1.165) is 29.5 Å². The predicted molar refractivity (Wildman–Crippen MR) is 109 cm³/mol. The first-order valence-electron chi connectivity index (χ1n) is 9.31. The maximum Gasteiger partial charge on any atom is 0.271 e. The number of para-hydroxylation sites is 1. The van der Waals surface area contributed by atoms with E-state index in [4.69, 9.17) is 4.74 Å². The van der Waals surface area contributed by atoms with Crippen molar-refractivity contribution in [3.63, 3.8) is 0 Å². The molecule has 0 saturated carbocycles. The molecule has 2 aromatic heterocycles. The molecule has 0 radical (unpaired) electrons. The molecular weight excluding hydrogens is 354 g/mol. The van der Waals surface area contributed by atoms with Crippen molar-refractivity contribution in [3.05, 3.63) is 77.0 Å². The number of anilines is 1. The van der Waals surface area contributed by atoms with Crippen LogP contribution in [0.3, 0.4) is 0 Å². The molecule has 2 N–H and O–H groups in total. The predicted octanol–water partition coefficient (Wildman–Crippen LogP) is 3.80. The van der Waals surface area contributed by atoms with Crippen LogP contribution in [0.2, 0.25) is 0 Å². The first-order chi connectivity index (χ1) is 13.7. The number of benzene rings is 1. The van der Waals surface area contributed by atoms with Gasteiger partial charge in [0.25, 0.3) is 5.56 Å². The molecule has 0 spiro atoms. The summed E-state index contributed by atoms with van der Waals surface area (Å²) in [5, 5.41) is 2.71. The van der Waals surface area contributed by atoms with Crippen molar-refractivity contribution in [2.75, 3.05) is 11.9 Å². The van der Waals surface area contributed by atoms with Crippen LogP contribution in [0, 0.1) is 0 Å². The van der Waals surface area contributed by atoms with Gasteiger partial charge in [0.15, 0.2) is 0 Å². The van der Waals surface area contributed by atoms with Gasteiger partial charge in [0.2, 0.25) is 5.91 Å². The number of carbonyl (C=O) groups excluding carboxylic acids is 1. The van der Waals surface area contributed by atoms with E-state index >= 15 is 0 Å². The van der Waals surface area contributed by atoms with Gasteiger partial charge in [-0.15, -0.1) is 0 Å². The van der Waals surface area contributed by atoms with Gasteiger partial charge in [0.05, 0.1) is 13.0 Å². The highest BCUT2D eigenvalue weighted by Gasteiger charge is 2.12. The molecule has 3 aromatic rings. The summed E-state index contributed by atoms with van der Waals surface area (Å²) in [7, 11) is 0. The molecule has 6 nitrogen and oxygen atoms in total. The van der Waals surface area contributed by atoms with E-state index in [1.54, 1.807) is 24.7 Å². The average molecular weight is 377 g/mol. The summed E-state index contributed by atoms with van der Waals surface area (Å²) in [6.45, 7) is 2.71. The van der Waals surface area contributed by atoms with E-state index in [1.807, 2.05) is 36.4 Å². The zero-order valence-corrected chi connectivity index (χ0v) is 15.8. The lowest BCUT2D eigenvalue weighted by Gasteiger charge is -2.11. The van der Waals surface area contributed by atoms with Gasteiger partial charge in [0, 0.05) is 29.7 Å². The van der Waals surface area contributed by atoms with Gasteiger partial charge >= 0.3 is 0 Å². The van der Waals surface area contributed by atoms with Crippen LogP contribution in [-0.4, -0.2) is 22.5 Å². The number of aromatic nitrogens is 2. The Hall–Kier alpha value is -3.41. The Morgan fingerprint density at radius 1 is 1.14 bits per heavy atom. The van der Waals surface area contributed by atoms with Crippen LogP contribution in [0.5, 0.6) is 5.75 Å². The van der Waals surface area contributed by atoms with Crippen LogP contribution in [0.4, 0.5) is 5.69 Å². The maximum absolute atomic E-state index is 12.5. The molecule has 1 amide bonds. The van der Waals surface area contributed by atoms with Gasteiger partial charge in [-0.1, -0.05) is 31.5 Å². The number of pyridine rings is 2. The molecular formula is C22H23N3O3. The number of hydrogen-bond acceptors (Lipinski definition) is 4. The topological polar surface area (TPSA) is 84.1 Å². The van der Waals surface area contributed by atoms with Crippen molar-refractivity contribution < 1.29 is 9.53 Å². The van der Waals surface area contributed by atoms with Crippen LogP contribution in [-0.2, 0) is 11.2 Å². The number of amides is 1. The quantitative estimate of drug-likeness (QED) is 0.585. The summed E-state index contributed by atoms with van der Waals surface area (Å²) >= 11 is 0. The average Bonchev–Trinajstić information content (AvgIpc) is 2.72. The number of rotatable bonds is 8. The van der Waals surface area contributed by atoms with Gasteiger partial charge < -0.3 is 15.0 Å². The second kappa shape index (κ2) is 9.50. The van der Waals surface area contributed by atoms with Gasteiger partial charge in [-0.2, -0.15) is 0 Å². The molecule has 0 saturated heterocycles. The highest BCUT2D eigenvalue weighted by Crippen LogP contribution is 2.21. The zero-order chi connectivity index (χ0) is 19.8. The minimum atomic E-state index is -0.348. The number of aromatic amines is 1. The van der Waals surface area contributed by atoms with E-state index < -0.39 is 0 Å². The molecule has 0 aliphatic carbocycles. The van der Waals surface area contributed by atoms with Crippen molar-refractivity contribution >= 4 is 11.6 Å². The Morgan fingerprint density at radius 2 is 1.93 bits per heavy atom. The van der Waals surface area contributed by atoms with Crippen molar-refractivity contribution in [1.29, 1.82) is 0 Å². The Bertz CT molecular complexity index is 984. The number of H-pyrrole nitrogens is 1. The maximum atomic E-state index is 12.5. The monoisotopic (exact) mass is 377 g/mol. The first-order valence-corrected chi connectivity index (χ1v) is 9.31. The summed E-state index contributed by atoms with van der Waals surface area (Å²) in [6.07, 6.45) is 7.09. The van der Waals surface area contributed by atoms with Crippen molar-refractivity contribution in [3.8, 4) is 16.9 Å². The van der Waals surface area contributed by atoms with Crippen LogP contribution in [0.25, 0.3) is 11.1 Å². The van der Waals surface area contributed by atoms with Gasteiger partial charge in [-0.25, -0.2) is 0 Å². The number of ether oxygens (including phenoxy) is 1. The normalized spacial score (nSPS) is 10.5. The third-order valence-corrected chi connectivity index (χ3v) is 4.27. The lowest BCUT2D eigenvalue weighted by molar-refractivity contribution is -0.115. The van der Waals surface area contributed by atoms with Gasteiger partial charge in [0.1, 0.15) is 11.4 Å². The summed E-state index contributed by atoms with van der Waals surface area (Å²) in [5.74, 6) is 0.425. The Labute approximate surface area is 163 Å². The lowest BCUT2D eigenvalue weighted by atomic mass is 10.1. The largest absolute Gasteiger partial charge is 0.493 e. The third kappa shape index (κ3) is 5.07. The summed E-state index contributed by atoms with van der Waals surface area (Å²) < 4.78 is 5.78. The fourth-order valence-corrected chi connectivity index (χ4v) is 2.77. The van der Waals surface area contributed by atoms with E-state index in [1.165, 1.54) is 0 Å². The summed E-state index contributed by atoms with van der Waals surface area (Å²) in [4.78, 5) is 31.3. The molecule has 0 atom stereocenters. The van der Waals surface area contributed by atoms with E-state index in [-0.39, 0.29) is 23.6 Å². The highest BCUT2D eigenvalue weighted by molar-refractivity contribution is 5.93. The van der Waals surface area contributed by atoms with E-state index in [0.29, 0.717) is 12.4 Å². The summed E-state index contributed by atoms with van der Waals surface area (Å²) in [6, 6.07) is 12.8. The number of hydrogen-bond donors (Lipinski definition) is 2. The SMILES string of the molecule is CCCCOc1ccccc1CC(=O)Nc1cc(-c2ccncc2)c[nH]c1=O. The molecule has 6 heteroatoms. The molecule has 0 aliphatic heterocycles. The van der Waals surface area contributed by atoms with Crippen LogP contribution >= 0.6 is 0 Å². The minimum absolute atomic E-state index is 0.126. The molecule has 0 bridgehead atoms. The molecule has 28 heavy (non-hydrogen) atoms. The number of nitrogens with zero attached hydrogens (tertiary/aromatic N) is 1. The van der Waals surface area contributed by atoms with Crippen molar-refractivity contribution in [1.82, 2.24) is 9.97 Å². The lowest BCUT2D eigenvalue weighted by Crippen LogP contribution is -2.21. The molecule has 0 unspecified atom stereocenters. The van der Waals surface area contributed by atoms with Crippen molar-refractivity contribution in [2.24, 2.45) is 0 Å². The fourth-order valence-electron chi connectivity index (χ4n) is 2.77. The smallest absolute Gasteiger partial charge is 0.271 e. The number of nitrogens with one attached hydrogen (secondary N) is 2. The first kappa shape index (κ1) is 19.4. The molecule has 144 valence electrons. The molecule has 0 fully saturated rings. The number of unbranched alkanes of at least 4 members (excludes halogenated alkanes) is 1. The van der Waals surface area contributed by atoms with Crippen LogP contribution in [0.1, 0.15) is 25.3 Å². The third-order valence-electron chi connectivity index (χ3n) is 4.27. The second-order valence-electron chi connectivity index (χ2n) is 6.40. The molecule has 1 aromatic carbocycles. The second-order valence-corrected chi connectivity index (χ2v) is 6.40. The van der Waals surface area contributed by atoms with Crippen LogP contribution < -0.4 is 15.6 Å². The zero-order valence-electron chi connectivity index (χ0n) is 15.8. The fraction of sp³-hybridized carbons (Fsp3) is 0.227. The molecule has 2 heterocycles. The highest BCUT2D eigenvalue weighted by atomic mass is 16.5. The Kier molecular flexibility index (Phi) is 6.57. The molecule has 0 aliphatic rings. The van der Waals surface area contributed by atoms with E-state index in [2.05, 4.69) is 22.2 Å². The number of carbonyl (C=O) groups is 1. The minimum Gasteiger partial charge on any atom is -0.493 e. The van der Waals surface area contributed by atoms with Crippen LogP contribution in [0.15, 0.2) is 65.8 Å². The van der Waals surface area contributed by atoms with Gasteiger partial charge in [-0.3, -0.25) is 14.6 Å². The standard InChI is InChI=1S/C22H23N3O3/c1-2-3-12-28-20-7-5-4-6-17(20)14-21(26)25-19-13-18(15-24-22(19)27)16-8-10-23-11-9-16/h4-11,13,15H,2-3,12,14H2,1H3,(H,24,27)(H,25,26). The van der Waals surface area contributed by atoms with Gasteiger partial charge in [-0.05, 0) is 36.2 Å². The Balaban J connectivity index is 1.73. The van der Waals surface area contributed by atoms with Crippen molar-refractivity contribution in [2.45, 2.75) is 26.2 Å². The van der Waals surface area contributed by atoms with E-state index in [9.17, 15) is 9.59 Å². The summed E-state index contributed by atoms with van der Waals surface area (Å²) in [5.41, 5.74) is 2.34. The Morgan fingerprint density at radius 3 is 2.71 bits per heavy atom. The molecule has 3 rings (SSSR count).